The summed E-state index contributed by atoms with van der Waals surface area (Å²) in [6.07, 6.45) is 6.47. The van der Waals surface area contributed by atoms with E-state index in [1.165, 1.54) is 11.3 Å². The summed E-state index contributed by atoms with van der Waals surface area (Å²) in [5.74, 6) is 0. The SMILES string of the molecule is CCc1ccccc1-n1cnc2cnccc21. The lowest BCUT2D eigenvalue weighted by molar-refractivity contribution is 1.03. The van der Waals surface area contributed by atoms with E-state index in [0.29, 0.717) is 0 Å². The quantitative estimate of drug-likeness (QED) is 0.668. The first-order valence-corrected chi connectivity index (χ1v) is 5.75. The molecular formula is C14H13N3. The number of rotatable bonds is 2. The van der Waals surface area contributed by atoms with Crippen LogP contribution in [-0.2, 0) is 6.42 Å². The highest BCUT2D eigenvalue weighted by Gasteiger charge is 2.06. The van der Waals surface area contributed by atoms with E-state index in [1.54, 1.807) is 12.4 Å². The topological polar surface area (TPSA) is 30.7 Å². The second kappa shape index (κ2) is 4.01. The molecule has 0 aliphatic carbocycles. The van der Waals surface area contributed by atoms with Crippen LogP contribution in [0.4, 0.5) is 0 Å². The van der Waals surface area contributed by atoms with Gasteiger partial charge in [0, 0.05) is 6.20 Å². The van der Waals surface area contributed by atoms with E-state index in [1.807, 2.05) is 12.4 Å². The lowest BCUT2D eigenvalue weighted by atomic mass is 10.1. The zero-order chi connectivity index (χ0) is 11.7. The number of aromatic nitrogens is 3. The lowest BCUT2D eigenvalue weighted by Crippen LogP contribution is -1.97. The van der Waals surface area contributed by atoms with Gasteiger partial charge >= 0.3 is 0 Å². The maximum absolute atomic E-state index is 4.37. The average Bonchev–Trinajstić information content (AvgIpc) is 2.82. The van der Waals surface area contributed by atoms with Crippen molar-refractivity contribution in [2.45, 2.75) is 13.3 Å². The Labute approximate surface area is 99.8 Å². The van der Waals surface area contributed by atoms with Crippen molar-refractivity contribution < 1.29 is 0 Å². The Bertz CT molecular complexity index is 655. The molecule has 2 heterocycles. The van der Waals surface area contributed by atoms with Crippen molar-refractivity contribution in [2.75, 3.05) is 0 Å². The van der Waals surface area contributed by atoms with Crippen molar-refractivity contribution in [3.8, 4) is 5.69 Å². The Morgan fingerprint density at radius 3 is 2.94 bits per heavy atom. The van der Waals surface area contributed by atoms with Gasteiger partial charge < -0.3 is 0 Å². The highest BCUT2D eigenvalue weighted by atomic mass is 15.1. The third kappa shape index (κ3) is 1.60. The largest absolute Gasteiger partial charge is 0.298 e. The van der Waals surface area contributed by atoms with Crippen LogP contribution in [0.1, 0.15) is 12.5 Å². The van der Waals surface area contributed by atoms with Crippen LogP contribution in [0.25, 0.3) is 16.7 Å². The molecule has 0 aliphatic heterocycles. The molecule has 0 atom stereocenters. The lowest BCUT2D eigenvalue weighted by Gasteiger charge is -2.09. The smallest absolute Gasteiger partial charge is 0.107 e. The van der Waals surface area contributed by atoms with Crippen LogP contribution in [0.15, 0.2) is 49.1 Å². The first-order valence-electron chi connectivity index (χ1n) is 5.75. The molecule has 3 nitrogen and oxygen atoms in total. The minimum atomic E-state index is 0.929. The van der Waals surface area contributed by atoms with Crippen LogP contribution in [0.2, 0.25) is 0 Å². The average molecular weight is 223 g/mol. The van der Waals surface area contributed by atoms with Crippen molar-refractivity contribution in [1.82, 2.24) is 14.5 Å². The van der Waals surface area contributed by atoms with Crippen molar-refractivity contribution in [1.29, 1.82) is 0 Å². The number of hydrogen-bond donors (Lipinski definition) is 0. The summed E-state index contributed by atoms with van der Waals surface area (Å²) in [5, 5.41) is 0. The number of nitrogens with zero attached hydrogens (tertiary/aromatic N) is 3. The molecule has 0 N–H and O–H groups in total. The molecule has 3 heteroatoms. The Morgan fingerprint density at radius 1 is 1.18 bits per heavy atom. The summed E-state index contributed by atoms with van der Waals surface area (Å²) >= 11 is 0. The fourth-order valence-electron chi connectivity index (χ4n) is 2.10. The van der Waals surface area contributed by atoms with E-state index in [9.17, 15) is 0 Å². The van der Waals surface area contributed by atoms with Gasteiger partial charge in [-0.2, -0.15) is 0 Å². The van der Waals surface area contributed by atoms with Gasteiger partial charge in [0.2, 0.25) is 0 Å². The molecule has 0 unspecified atom stereocenters. The van der Waals surface area contributed by atoms with E-state index in [-0.39, 0.29) is 0 Å². The Hall–Kier alpha value is -2.16. The highest BCUT2D eigenvalue weighted by Crippen LogP contribution is 2.20. The first-order chi connectivity index (χ1) is 8.40. The number of para-hydroxylation sites is 1. The van der Waals surface area contributed by atoms with Crippen LogP contribution in [0, 0.1) is 0 Å². The second-order valence-electron chi connectivity index (χ2n) is 3.96. The minimum Gasteiger partial charge on any atom is -0.298 e. The van der Waals surface area contributed by atoms with E-state index in [4.69, 9.17) is 0 Å². The second-order valence-corrected chi connectivity index (χ2v) is 3.96. The fraction of sp³-hybridized carbons (Fsp3) is 0.143. The number of benzene rings is 1. The molecule has 84 valence electrons. The number of hydrogen-bond acceptors (Lipinski definition) is 2. The van der Waals surface area contributed by atoms with E-state index >= 15 is 0 Å². The van der Waals surface area contributed by atoms with E-state index < -0.39 is 0 Å². The molecule has 3 rings (SSSR count). The van der Waals surface area contributed by atoms with Crippen LogP contribution >= 0.6 is 0 Å². The molecule has 0 radical (unpaired) electrons. The van der Waals surface area contributed by atoms with Crippen molar-refractivity contribution in [3.05, 3.63) is 54.6 Å². The molecule has 0 bridgehead atoms. The minimum absolute atomic E-state index is 0.929. The summed E-state index contributed by atoms with van der Waals surface area (Å²) in [5.41, 5.74) is 4.55. The number of imidazole rings is 1. The van der Waals surface area contributed by atoms with Gasteiger partial charge in [0.05, 0.1) is 17.4 Å². The third-order valence-electron chi connectivity index (χ3n) is 2.98. The van der Waals surface area contributed by atoms with Crippen LogP contribution < -0.4 is 0 Å². The van der Waals surface area contributed by atoms with Gasteiger partial charge in [-0.3, -0.25) is 9.55 Å². The Kier molecular flexibility index (Phi) is 2.37. The highest BCUT2D eigenvalue weighted by molar-refractivity contribution is 5.76. The number of pyridine rings is 1. The summed E-state index contributed by atoms with van der Waals surface area (Å²) in [6, 6.07) is 10.4. The van der Waals surface area contributed by atoms with Gasteiger partial charge in [-0.1, -0.05) is 25.1 Å². The molecule has 0 fully saturated rings. The summed E-state index contributed by atoms with van der Waals surface area (Å²) < 4.78 is 2.12. The third-order valence-corrected chi connectivity index (χ3v) is 2.98. The molecule has 0 spiro atoms. The predicted molar refractivity (Wildman–Crippen MR) is 68.2 cm³/mol. The molecule has 2 aromatic heterocycles. The monoisotopic (exact) mass is 223 g/mol. The van der Waals surface area contributed by atoms with Crippen molar-refractivity contribution in [2.24, 2.45) is 0 Å². The maximum atomic E-state index is 4.37. The van der Waals surface area contributed by atoms with Gasteiger partial charge in [-0.25, -0.2) is 4.98 Å². The van der Waals surface area contributed by atoms with E-state index in [0.717, 1.165) is 17.5 Å². The summed E-state index contributed by atoms with van der Waals surface area (Å²) in [4.78, 5) is 8.46. The van der Waals surface area contributed by atoms with Crippen LogP contribution in [-0.4, -0.2) is 14.5 Å². The molecular weight excluding hydrogens is 210 g/mol. The molecule has 17 heavy (non-hydrogen) atoms. The fourth-order valence-corrected chi connectivity index (χ4v) is 2.10. The zero-order valence-electron chi connectivity index (χ0n) is 9.67. The molecule has 3 aromatic rings. The first kappa shape index (κ1) is 10.0. The van der Waals surface area contributed by atoms with Crippen LogP contribution in [0.5, 0.6) is 0 Å². The van der Waals surface area contributed by atoms with Gasteiger partial charge in [0.15, 0.2) is 0 Å². The predicted octanol–water partition coefficient (Wildman–Crippen LogP) is 2.98. The Balaban J connectivity index is 2.27. The molecule has 0 amide bonds. The molecule has 0 saturated heterocycles. The molecule has 0 saturated carbocycles. The van der Waals surface area contributed by atoms with E-state index in [2.05, 4.69) is 45.7 Å². The van der Waals surface area contributed by atoms with Gasteiger partial charge in [0.1, 0.15) is 11.8 Å². The molecule has 1 aromatic carbocycles. The van der Waals surface area contributed by atoms with Crippen molar-refractivity contribution >= 4 is 11.0 Å². The zero-order valence-corrected chi connectivity index (χ0v) is 9.67. The summed E-state index contributed by atoms with van der Waals surface area (Å²) in [7, 11) is 0. The van der Waals surface area contributed by atoms with Gasteiger partial charge in [-0.05, 0) is 24.1 Å². The number of aryl methyl sites for hydroxylation is 1. The van der Waals surface area contributed by atoms with Crippen molar-refractivity contribution in [3.63, 3.8) is 0 Å². The Morgan fingerprint density at radius 2 is 2.06 bits per heavy atom. The standard InChI is InChI=1S/C14H13N3/c1-2-11-5-3-4-6-13(11)17-10-16-12-9-15-8-7-14(12)17/h3-10H,2H2,1H3. The normalized spacial score (nSPS) is 10.9. The van der Waals surface area contributed by atoms with Crippen LogP contribution in [0.3, 0.4) is 0 Å². The maximum Gasteiger partial charge on any atom is 0.107 e. The van der Waals surface area contributed by atoms with Gasteiger partial charge in [-0.15, -0.1) is 0 Å². The van der Waals surface area contributed by atoms with Gasteiger partial charge in [0.25, 0.3) is 0 Å². The summed E-state index contributed by atoms with van der Waals surface area (Å²) in [6.45, 7) is 2.17. The number of fused-ring (bicyclic) bond motifs is 1. The molecule has 0 aliphatic rings.